The highest BCUT2D eigenvalue weighted by Gasteiger charge is 2.13. The third-order valence-electron chi connectivity index (χ3n) is 1.38. The predicted octanol–water partition coefficient (Wildman–Crippen LogP) is 1.53. The summed E-state index contributed by atoms with van der Waals surface area (Å²) in [6.45, 7) is 0.782. The number of nitrogens with zero attached hydrogens (tertiary/aromatic N) is 2. The van der Waals surface area contributed by atoms with E-state index in [1.807, 2.05) is 0 Å². The van der Waals surface area contributed by atoms with Crippen molar-refractivity contribution in [1.29, 1.82) is 0 Å². The molecular formula is C6H12N2O2. The van der Waals surface area contributed by atoms with Crippen LogP contribution in [0.4, 0.5) is 0 Å². The summed E-state index contributed by atoms with van der Waals surface area (Å²) in [4.78, 5) is 4.87. The lowest BCUT2D eigenvalue weighted by atomic mass is 10.2. The van der Waals surface area contributed by atoms with Gasteiger partial charge in [0.05, 0.1) is 13.7 Å². The Hall–Kier alpha value is -0.640. The van der Waals surface area contributed by atoms with Gasteiger partial charge in [-0.25, -0.2) is 0 Å². The van der Waals surface area contributed by atoms with Gasteiger partial charge in [-0.1, -0.05) is 0 Å². The Balaban J connectivity index is 2.13. The summed E-state index contributed by atoms with van der Waals surface area (Å²) >= 11 is 0. The van der Waals surface area contributed by atoms with Crippen molar-refractivity contribution >= 4 is 0 Å². The Morgan fingerprint density at radius 3 is 3.00 bits per heavy atom. The van der Waals surface area contributed by atoms with E-state index < -0.39 is 0 Å². The number of ether oxygens (including phenoxy) is 1. The van der Waals surface area contributed by atoms with Gasteiger partial charge in [-0.3, -0.25) is 0 Å². The summed E-state index contributed by atoms with van der Waals surface area (Å²) in [5.74, 6) is 0. The molecule has 58 valence electrons. The molecule has 1 aliphatic rings. The molecule has 0 amide bonds. The molecule has 1 atom stereocenters. The van der Waals surface area contributed by atoms with E-state index >= 15 is 0 Å². The van der Waals surface area contributed by atoms with Gasteiger partial charge in [-0.15, -0.1) is 0 Å². The van der Waals surface area contributed by atoms with E-state index in [9.17, 15) is 0 Å². The molecule has 4 heteroatoms. The van der Waals surface area contributed by atoms with E-state index in [0.717, 1.165) is 25.9 Å². The molecule has 1 fully saturated rings. The van der Waals surface area contributed by atoms with Crippen LogP contribution >= 0.6 is 0 Å². The largest absolute Gasteiger partial charge is 0.347 e. The second-order valence-electron chi connectivity index (χ2n) is 2.18. The Bertz CT molecular complexity index is 110. The fraction of sp³-hybridized carbons (Fsp3) is 1.00. The monoisotopic (exact) mass is 144 g/mol. The third kappa shape index (κ3) is 2.31. The van der Waals surface area contributed by atoms with Crippen molar-refractivity contribution in [3.05, 3.63) is 0 Å². The minimum absolute atomic E-state index is 0.155. The van der Waals surface area contributed by atoms with Crippen LogP contribution in [0.15, 0.2) is 10.4 Å². The van der Waals surface area contributed by atoms with Crippen LogP contribution in [0.2, 0.25) is 0 Å². The van der Waals surface area contributed by atoms with Gasteiger partial charge in [-0.05, 0) is 12.8 Å². The Labute approximate surface area is 60.2 Å². The molecule has 1 unspecified atom stereocenters. The van der Waals surface area contributed by atoms with Gasteiger partial charge >= 0.3 is 0 Å². The van der Waals surface area contributed by atoms with Crippen LogP contribution in [0.5, 0.6) is 0 Å². The molecule has 0 aromatic heterocycles. The van der Waals surface area contributed by atoms with Gasteiger partial charge in [-0.2, -0.15) is 5.11 Å². The summed E-state index contributed by atoms with van der Waals surface area (Å²) in [5.41, 5.74) is 0. The van der Waals surface area contributed by atoms with E-state index in [1.54, 1.807) is 7.05 Å². The van der Waals surface area contributed by atoms with Crippen LogP contribution < -0.4 is 0 Å². The SMILES string of the molecule is CN=NOC1CCCCO1. The smallest absolute Gasteiger partial charge is 0.228 e. The zero-order valence-electron chi connectivity index (χ0n) is 6.12. The lowest BCUT2D eigenvalue weighted by molar-refractivity contribution is -0.167. The molecule has 0 saturated carbocycles. The van der Waals surface area contributed by atoms with Crippen molar-refractivity contribution in [2.45, 2.75) is 25.6 Å². The molecule has 0 radical (unpaired) electrons. The number of hydrogen-bond acceptors (Lipinski definition) is 4. The number of hydrogen-bond donors (Lipinski definition) is 0. The zero-order valence-corrected chi connectivity index (χ0v) is 6.12. The summed E-state index contributed by atoms with van der Waals surface area (Å²) < 4.78 is 5.20. The molecule has 0 spiro atoms. The second-order valence-corrected chi connectivity index (χ2v) is 2.18. The molecule has 0 aliphatic carbocycles. The van der Waals surface area contributed by atoms with Gasteiger partial charge < -0.3 is 9.57 Å². The first-order valence-electron chi connectivity index (χ1n) is 3.50. The Morgan fingerprint density at radius 1 is 1.50 bits per heavy atom. The standard InChI is InChI=1S/C6H12N2O2/c1-7-8-10-6-4-2-3-5-9-6/h6H,2-5H2,1H3. The molecule has 4 nitrogen and oxygen atoms in total. The van der Waals surface area contributed by atoms with E-state index in [1.165, 1.54) is 0 Å². The van der Waals surface area contributed by atoms with Gasteiger partial charge in [0.2, 0.25) is 6.29 Å². The quantitative estimate of drug-likeness (QED) is 0.435. The Morgan fingerprint density at radius 2 is 2.40 bits per heavy atom. The highest BCUT2D eigenvalue weighted by atomic mass is 16.8. The molecule has 0 N–H and O–H groups in total. The van der Waals surface area contributed by atoms with Crippen LogP contribution in [0, 0.1) is 0 Å². The average molecular weight is 144 g/mol. The van der Waals surface area contributed by atoms with Crippen molar-refractivity contribution in [1.82, 2.24) is 0 Å². The van der Waals surface area contributed by atoms with E-state index in [4.69, 9.17) is 9.57 Å². The first kappa shape index (κ1) is 7.47. The van der Waals surface area contributed by atoms with Crippen molar-refractivity contribution < 1.29 is 9.57 Å². The normalized spacial score (nSPS) is 27.1. The first-order valence-corrected chi connectivity index (χ1v) is 3.50. The van der Waals surface area contributed by atoms with Crippen LogP contribution in [0.1, 0.15) is 19.3 Å². The molecule has 1 saturated heterocycles. The van der Waals surface area contributed by atoms with E-state index in [2.05, 4.69) is 10.4 Å². The fourth-order valence-corrected chi connectivity index (χ4v) is 0.894. The lowest BCUT2D eigenvalue weighted by Gasteiger charge is -2.18. The van der Waals surface area contributed by atoms with Gasteiger partial charge in [0.25, 0.3) is 0 Å². The van der Waals surface area contributed by atoms with Crippen molar-refractivity contribution in [3.8, 4) is 0 Å². The van der Waals surface area contributed by atoms with Gasteiger partial charge in [0.1, 0.15) is 0 Å². The fourth-order valence-electron chi connectivity index (χ4n) is 0.894. The first-order chi connectivity index (χ1) is 4.93. The number of rotatable bonds is 2. The molecule has 0 aromatic rings. The molecule has 0 bridgehead atoms. The second kappa shape index (κ2) is 4.22. The Kier molecular flexibility index (Phi) is 3.15. The topological polar surface area (TPSA) is 43.2 Å². The summed E-state index contributed by atoms with van der Waals surface area (Å²) in [7, 11) is 1.57. The van der Waals surface area contributed by atoms with Crippen LogP contribution in [0.25, 0.3) is 0 Å². The summed E-state index contributed by atoms with van der Waals surface area (Å²) in [6.07, 6.45) is 3.06. The van der Waals surface area contributed by atoms with Crippen molar-refractivity contribution in [2.24, 2.45) is 10.4 Å². The van der Waals surface area contributed by atoms with Crippen LogP contribution in [0.3, 0.4) is 0 Å². The zero-order chi connectivity index (χ0) is 7.23. The lowest BCUT2D eigenvalue weighted by Crippen LogP contribution is -2.19. The molecule has 1 aliphatic heterocycles. The molecule has 10 heavy (non-hydrogen) atoms. The molecule has 1 heterocycles. The molecule has 1 rings (SSSR count). The molecular weight excluding hydrogens is 132 g/mol. The summed E-state index contributed by atoms with van der Waals surface area (Å²) in [6, 6.07) is 0. The highest BCUT2D eigenvalue weighted by Crippen LogP contribution is 2.13. The molecule has 0 aromatic carbocycles. The third-order valence-corrected chi connectivity index (χ3v) is 1.38. The van der Waals surface area contributed by atoms with Crippen molar-refractivity contribution in [2.75, 3.05) is 13.7 Å². The van der Waals surface area contributed by atoms with Gasteiger partial charge in [0.15, 0.2) is 0 Å². The maximum absolute atomic E-state index is 5.20. The predicted molar refractivity (Wildman–Crippen MR) is 35.5 cm³/mol. The maximum Gasteiger partial charge on any atom is 0.228 e. The van der Waals surface area contributed by atoms with Crippen LogP contribution in [-0.4, -0.2) is 19.9 Å². The maximum atomic E-state index is 5.20. The average Bonchev–Trinajstić information content (AvgIpc) is 2.03. The van der Waals surface area contributed by atoms with Crippen LogP contribution in [-0.2, 0) is 9.57 Å². The van der Waals surface area contributed by atoms with E-state index in [-0.39, 0.29) is 6.29 Å². The van der Waals surface area contributed by atoms with Crippen molar-refractivity contribution in [3.63, 3.8) is 0 Å². The summed E-state index contributed by atoms with van der Waals surface area (Å²) in [5, 5.41) is 6.85. The highest BCUT2D eigenvalue weighted by molar-refractivity contribution is 4.52. The minimum Gasteiger partial charge on any atom is -0.347 e. The minimum atomic E-state index is -0.155. The van der Waals surface area contributed by atoms with Gasteiger partial charge in [0, 0.05) is 11.7 Å². The van der Waals surface area contributed by atoms with E-state index in [0.29, 0.717) is 0 Å².